The van der Waals surface area contributed by atoms with Gasteiger partial charge in [-0.2, -0.15) is 0 Å². The van der Waals surface area contributed by atoms with E-state index in [-0.39, 0.29) is 5.91 Å². The largest absolute Gasteiger partial charge is 0.494 e. The molecule has 1 N–H and O–H groups in total. The highest BCUT2D eigenvalue weighted by Crippen LogP contribution is 2.17. The summed E-state index contributed by atoms with van der Waals surface area (Å²) in [6.07, 6.45) is 6.50. The highest BCUT2D eigenvalue weighted by atomic mass is 16.5. The number of rotatable bonds is 10. The van der Waals surface area contributed by atoms with Crippen LogP contribution in [0.2, 0.25) is 0 Å². The van der Waals surface area contributed by atoms with E-state index in [1.807, 2.05) is 31.2 Å². The van der Waals surface area contributed by atoms with Crippen LogP contribution < -0.4 is 10.1 Å². The minimum absolute atomic E-state index is 0.132. The fourth-order valence-corrected chi connectivity index (χ4v) is 2.12. The molecular weight excluding hydrogens is 250 g/mol. The number of para-hydroxylation sites is 1. The van der Waals surface area contributed by atoms with E-state index in [4.69, 9.17) is 4.74 Å². The normalized spacial score (nSPS) is 10.3. The predicted molar refractivity (Wildman–Crippen MR) is 82.8 cm³/mol. The highest BCUT2D eigenvalue weighted by molar-refractivity contribution is 5.75. The molecule has 0 bridgehead atoms. The first-order valence-electron chi connectivity index (χ1n) is 7.75. The molecule has 20 heavy (non-hydrogen) atoms. The van der Waals surface area contributed by atoms with Gasteiger partial charge in [0.15, 0.2) is 0 Å². The molecular formula is C17H27NO2. The van der Waals surface area contributed by atoms with E-state index >= 15 is 0 Å². The molecule has 1 amide bonds. The monoisotopic (exact) mass is 277 g/mol. The van der Waals surface area contributed by atoms with Crippen LogP contribution in [0.5, 0.6) is 5.75 Å². The Kier molecular flexibility index (Phi) is 8.52. The number of hydrogen-bond acceptors (Lipinski definition) is 2. The average Bonchev–Trinajstić information content (AvgIpc) is 2.46. The second-order valence-corrected chi connectivity index (χ2v) is 4.98. The van der Waals surface area contributed by atoms with Crippen molar-refractivity contribution in [1.29, 1.82) is 0 Å². The topological polar surface area (TPSA) is 38.3 Å². The van der Waals surface area contributed by atoms with Gasteiger partial charge in [-0.15, -0.1) is 0 Å². The van der Waals surface area contributed by atoms with Crippen molar-refractivity contribution < 1.29 is 9.53 Å². The van der Waals surface area contributed by atoms with Crippen molar-refractivity contribution >= 4 is 5.91 Å². The van der Waals surface area contributed by atoms with Crippen molar-refractivity contribution in [2.24, 2.45) is 0 Å². The van der Waals surface area contributed by atoms with Crippen LogP contribution >= 0.6 is 0 Å². The van der Waals surface area contributed by atoms with E-state index < -0.39 is 0 Å². The van der Waals surface area contributed by atoms with Gasteiger partial charge in [0.05, 0.1) is 6.61 Å². The number of benzene rings is 1. The fraction of sp³-hybridized carbons (Fsp3) is 0.588. The average molecular weight is 277 g/mol. The molecule has 1 aromatic carbocycles. The van der Waals surface area contributed by atoms with Crippen LogP contribution in [0.4, 0.5) is 0 Å². The summed E-state index contributed by atoms with van der Waals surface area (Å²) in [5.41, 5.74) is 1.04. The Labute approximate surface area is 122 Å². The van der Waals surface area contributed by atoms with E-state index in [9.17, 15) is 4.79 Å². The summed E-state index contributed by atoms with van der Waals surface area (Å²) in [4.78, 5) is 11.8. The molecule has 1 rings (SSSR count). The first kappa shape index (κ1) is 16.5. The molecule has 3 heteroatoms. The van der Waals surface area contributed by atoms with Crippen LogP contribution in [-0.4, -0.2) is 12.5 Å². The summed E-state index contributed by atoms with van der Waals surface area (Å²) < 4.78 is 5.54. The lowest BCUT2D eigenvalue weighted by atomic mass is 10.1. The minimum atomic E-state index is 0.132. The first-order chi connectivity index (χ1) is 9.77. The molecule has 0 aliphatic carbocycles. The summed E-state index contributed by atoms with van der Waals surface area (Å²) in [7, 11) is 0. The van der Waals surface area contributed by atoms with Crippen molar-refractivity contribution in [3.8, 4) is 5.75 Å². The molecule has 0 aliphatic heterocycles. The van der Waals surface area contributed by atoms with Gasteiger partial charge in [0.25, 0.3) is 0 Å². The van der Waals surface area contributed by atoms with Gasteiger partial charge in [-0.1, -0.05) is 50.8 Å². The Hall–Kier alpha value is -1.51. The molecule has 0 saturated carbocycles. The Morgan fingerprint density at radius 2 is 1.85 bits per heavy atom. The number of unbranched alkanes of at least 4 members (excludes halogenated alkanes) is 4. The SMILES string of the molecule is CCCCCCCC(=O)NCc1ccccc1OCC. The molecule has 0 saturated heterocycles. The second kappa shape index (κ2) is 10.3. The summed E-state index contributed by atoms with van der Waals surface area (Å²) in [5, 5.41) is 2.97. The Morgan fingerprint density at radius 1 is 1.10 bits per heavy atom. The quantitative estimate of drug-likeness (QED) is 0.655. The van der Waals surface area contributed by atoms with Gasteiger partial charge in [0.2, 0.25) is 5.91 Å². The Balaban J connectivity index is 2.26. The lowest BCUT2D eigenvalue weighted by Crippen LogP contribution is -2.22. The van der Waals surface area contributed by atoms with Gasteiger partial charge >= 0.3 is 0 Å². The Morgan fingerprint density at radius 3 is 2.60 bits per heavy atom. The van der Waals surface area contributed by atoms with E-state index in [0.717, 1.165) is 24.2 Å². The van der Waals surface area contributed by atoms with Gasteiger partial charge in [-0.25, -0.2) is 0 Å². The van der Waals surface area contributed by atoms with Crippen LogP contribution in [-0.2, 0) is 11.3 Å². The zero-order chi connectivity index (χ0) is 14.6. The van der Waals surface area contributed by atoms with Crippen molar-refractivity contribution in [2.75, 3.05) is 6.61 Å². The van der Waals surface area contributed by atoms with E-state index in [2.05, 4.69) is 12.2 Å². The third-order valence-corrected chi connectivity index (χ3v) is 3.26. The van der Waals surface area contributed by atoms with Crippen LogP contribution in [0.3, 0.4) is 0 Å². The molecule has 0 radical (unpaired) electrons. The zero-order valence-corrected chi connectivity index (χ0v) is 12.8. The molecule has 0 fully saturated rings. The Bertz CT molecular complexity index is 390. The molecule has 0 heterocycles. The molecule has 0 spiro atoms. The molecule has 0 atom stereocenters. The van der Waals surface area contributed by atoms with Crippen molar-refractivity contribution in [3.63, 3.8) is 0 Å². The van der Waals surface area contributed by atoms with Gasteiger partial charge in [0, 0.05) is 18.5 Å². The molecule has 0 unspecified atom stereocenters. The summed E-state index contributed by atoms with van der Waals surface area (Å²) in [6.45, 7) is 5.35. The smallest absolute Gasteiger partial charge is 0.220 e. The predicted octanol–water partition coefficient (Wildman–Crippen LogP) is 4.06. The minimum Gasteiger partial charge on any atom is -0.494 e. The third-order valence-electron chi connectivity index (χ3n) is 3.26. The van der Waals surface area contributed by atoms with E-state index in [1.54, 1.807) is 0 Å². The standard InChI is InChI=1S/C17H27NO2/c1-3-5-6-7-8-13-17(19)18-14-15-11-9-10-12-16(15)20-4-2/h9-12H,3-8,13-14H2,1-2H3,(H,18,19). The van der Waals surface area contributed by atoms with Gasteiger partial charge in [-0.3, -0.25) is 4.79 Å². The van der Waals surface area contributed by atoms with Crippen LogP contribution in [0.25, 0.3) is 0 Å². The van der Waals surface area contributed by atoms with Crippen LogP contribution in [0.15, 0.2) is 24.3 Å². The maximum Gasteiger partial charge on any atom is 0.220 e. The number of carbonyl (C=O) groups is 1. The van der Waals surface area contributed by atoms with Crippen molar-refractivity contribution in [3.05, 3.63) is 29.8 Å². The maximum absolute atomic E-state index is 11.8. The number of ether oxygens (including phenoxy) is 1. The second-order valence-electron chi connectivity index (χ2n) is 4.98. The summed E-state index contributed by atoms with van der Waals surface area (Å²) in [5.74, 6) is 0.992. The van der Waals surface area contributed by atoms with Gasteiger partial charge < -0.3 is 10.1 Å². The lowest BCUT2D eigenvalue weighted by Gasteiger charge is -2.10. The van der Waals surface area contributed by atoms with Gasteiger partial charge in [-0.05, 0) is 19.4 Å². The number of carbonyl (C=O) groups excluding carboxylic acids is 1. The fourth-order valence-electron chi connectivity index (χ4n) is 2.12. The maximum atomic E-state index is 11.8. The van der Waals surface area contributed by atoms with E-state index in [0.29, 0.717) is 19.6 Å². The lowest BCUT2D eigenvalue weighted by molar-refractivity contribution is -0.121. The molecule has 112 valence electrons. The molecule has 3 nitrogen and oxygen atoms in total. The van der Waals surface area contributed by atoms with E-state index in [1.165, 1.54) is 19.3 Å². The van der Waals surface area contributed by atoms with Crippen LogP contribution in [0.1, 0.15) is 57.9 Å². The summed E-state index contributed by atoms with van der Waals surface area (Å²) in [6, 6.07) is 7.85. The first-order valence-corrected chi connectivity index (χ1v) is 7.75. The molecule has 1 aromatic rings. The highest BCUT2D eigenvalue weighted by Gasteiger charge is 2.05. The number of amides is 1. The zero-order valence-electron chi connectivity index (χ0n) is 12.8. The third kappa shape index (κ3) is 6.60. The van der Waals surface area contributed by atoms with Crippen molar-refractivity contribution in [2.45, 2.75) is 58.9 Å². The summed E-state index contributed by atoms with van der Waals surface area (Å²) >= 11 is 0. The molecule has 0 aromatic heterocycles. The van der Waals surface area contributed by atoms with Crippen molar-refractivity contribution in [1.82, 2.24) is 5.32 Å². The van der Waals surface area contributed by atoms with Gasteiger partial charge in [0.1, 0.15) is 5.75 Å². The number of hydrogen-bond donors (Lipinski definition) is 1. The molecule has 0 aliphatic rings. The van der Waals surface area contributed by atoms with Crippen LogP contribution in [0, 0.1) is 0 Å². The number of nitrogens with one attached hydrogen (secondary N) is 1.